The lowest BCUT2D eigenvalue weighted by atomic mass is 9.80. The van der Waals surface area contributed by atoms with E-state index < -0.39 is 0 Å². The second kappa shape index (κ2) is 7.43. The molecule has 5 heteroatoms. The first-order valence-corrected chi connectivity index (χ1v) is 8.70. The summed E-state index contributed by atoms with van der Waals surface area (Å²) in [7, 11) is 4.20. The maximum atomic E-state index is 8.57. The highest BCUT2D eigenvalue weighted by Gasteiger charge is 2.29. The largest absolute Gasteiger partial charge is 0.388 e. The smallest absolute Gasteiger partial charge is 0.0908 e. The Morgan fingerprint density at radius 3 is 2.68 bits per heavy atom. The monoisotopic (exact) mass is 335 g/mol. The van der Waals surface area contributed by atoms with E-state index in [1.807, 2.05) is 18.3 Å². The minimum atomic E-state index is 0.152. The van der Waals surface area contributed by atoms with Gasteiger partial charge in [-0.1, -0.05) is 18.2 Å². The van der Waals surface area contributed by atoms with Crippen molar-refractivity contribution in [3.63, 3.8) is 0 Å². The van der Waals surface area contributed by atoms with E-state index in [0.29, 0.717) is 12.0 Å². The van der Waals surface area contributed by atoms with E-state index in [1.165, 1.54) is 17.6 Å². The summed E-state index contributed by atoms with van der Waals surface area (Å²) in [5, 5.41) is 19.9. The number of nitriles is 1. The molecule has 1 aliphatic heterocycles. The summed E-state index contributed by atoms with van der Waals surface area (Å²) in [5.41, 5.74) is 3.41. The van der Waals surface area contributed by atoms with Crippen LogP contribution in [0.15, 0.2) is 48.2 Å². The number of hydrogen-bond donors (Lipinski definition) is 2. The lowest BCUT2D eigenvalue weighted by molar-refractivity contribution is 0.290. The number of hydrogen-bond acceptors (Lipinski definition) is 5. The Kier molecular flexibility index (Phi) is 5.08. The van der Waals surface area contributed by atoms with Crippen molar-refractivity contribution >= 4 is 17.6 Å². The molecule has 0 amide bonds. The molecule has 1 saturated carbocycles. The van der Waals surface area contributed by atoms with E-state index in [0.717, 1.165) is 25.0 Å². The maximum Gasteiger partial charge on any atom is 0.0908 e. The molecule has 25 heavy (non-hydrogen) atoms. The predicted molar refractivity (Wildman–Crippen MR) is 103 cm³/mol. The Hall–Kier alpha value is -2.74. The number of fused-ring (bicyclic) bond motifs is 1. The van der Waals surface area contributed by atoms with Crippen LogP contribution in [0.25, 0.3) is 0 Å². The summed E-state index contributed by atoms with van der Waals surface area (Å²) in [6, 6.07) is 11.0. The van der Waals surface area contributed by atoms with Crippen LogP contribution in [-0.2, 0) is 0 Å². The van der Waals surface area contributed by atoms with Crippen molar-refractivity contribution in [2.24, 2.45) is 5.92 Å². The first-order valence-electron chi connectivity index (χ1n) is 8.70. The SMILES string of the molecule is CN1CC(/C(C=N)=C/NC2CC(/C=C/C#N)C2)N(C)c2ccccc21. The van der Waals surface area contributed by atoms with Crippen LogP contribution < -0.4 is 15.1 Å². The summed E-state index contributed by atoms with van der Waals surface area (Å²) >= 11 is 0. The third-order valence-electron chi connectivity index (χ3n) is 5.24. The fraction of sp³-hybridized carbons (Fsp3) is 0.400. The van der Waals surface area contributed by atoms with E-state index in [4.69, 9.17) is 10.7 Å². The van der Waals surface area contributed by atoms with Crippen molar-refractivity contribution in [2.45, 2.75) is 24.9 Å². The second-order valence-corrected chi connectivity index (χ2v) is 6.87. The zero-order chi connectivity index (χ0) is 17.8. The fourth-order valence-electron chi connectivity index (χ4n) is 3.64. The molecular formula is C20H25N5. The molecule has 0 saturated heterocycles. The molecule has 130 valence electrons. The van der Waals surface area contributed by atoms with Crippen molar-refractivity contribution in [2.75, 3.05) is 30.4 Å². The minimum absolute atomic E-state index is 0.152. The van der Waals surface area contributed by atoms with Crippen LogP contribution in [0.5, 0.6) is 0 Å². The Morgan fingerprint density at radius 2 is 2.00 bits per heavy atom. The Bertz CT molecular complexity index is 724. The van der Waals surface area contributed by atoms with Gasteiger partial charge in [-0.25, -0.2) is 0 Å². The van der Waals surface area contributed by atoms with Gasteiger partial charge in [0.05, 0.1) is 23.5 Å². The molecular weight excluding hydrogens is 310 g/mol. The molecule has 2 aliphatic rings. The van der Waals surface area contributed by atoms with Gasteiger partial charge in [0.1, 0.15) is 0 Å². The third-order valence-corrected chi connectivity index (χ3v) is 5.24. The molecule has 0 spiro atoms. The summed E-state index contributed by atoms with van der Waals surface area (Å²) in [6.45, 7) is 0.856. The molecule has 0 aromatic heterocycles. The first-order chi connectivity index (χ1) is 12.1. The van der Waals surface area contributed by atoms with Crippen molar-refractivity contribution in [3.05, 3.63) is 48.2 Å². The number of likely N-dealkylation sites (N-methyl/N-ethyl adjacent to an activating group) is 2. The van der Waals surface area contributed by atoms with Crippen LogP contribution in [0.2, 0.25) is 0 Å². The van der Waals surface area contributed by atoms with Crippen LogP contribution in [0.4, 0.5) is 11.4 Å². The van der Waals surface area contributed by atoms with Crippen LogP contribution in [0.1, 0.15) is 12.8 Å². The predicted octanol–water partition coefficient (Wildman–Crippen LogP) is 2.92. The Morgan fingerprint density at radius 1 is 1.28 bits per heavy atom. The van der Waals surface area contributed by atoms with Crippen LogP contribution in [0, 0.1) is 22.7 Å². The molecule has 1 aromatic rings. The number of anilines is 2. The summed E-state index contributed by atoms with van der Waals surface area (Å²) in [6.07, 6.45) is 9.11. The van der Waals surface area contributed by atoms with E-state index >= 15 is 0 Å². The number of nitrogens with zero attached hydrogens (tertiary/aromatic N) is 3. The van der Waals surface area contributed by atoms with Crippen molar-refractivity contribution in [3.8, 4) is 6.07 Å². The molecule has 1 unspecified atom stereocenters. The number of nitrogens with one attached hydrogen (secondary N) is 2. The van der Waals surface area contributed by atoms with E-state index in [2.05, 4.69) is 53.5 Å². The number of para-hydroxylation sites is 2. The summed E-state index contributed by atoms with van der Waals surface area (Å²) in [4.78, 5) is 4.51. The summed E-state index contributed by atoms with van der Waals surface area (Å²) < 4.78 is 0. The van der Waals surface area contributed by atoms with E-state index in [1.54, 1.807) is 6.08 Å². The molecule has 2 N–H and O–H groups in total. The first kappa shape index (κ1) is 17.1. The molecule has 3 rings (SSSR count). The minimum Gasteiger partial charge on any atom is -0.388 e. The average Bonchev–Trinajstić information content (AvgIpc) is 2.60. The topological polar surface area (TPSA) is 66.2 Å². The summed E-state index contributed by atoms with van der Waals surface area (Å²) in [5.74, 6) is 0.504. The molecule has 1 aliphatic carbocycles. The molecule has 5 nitrogen and oxygen atoms in total. The molecule has 0 bridgehead atoms. The number of benzene rings is 1. The van der Waals surface area contributed by atoms with Crippen molar-refractivity contribution in [1.29, 1.82) is 10.7 Å². The van der Waals surface area contributed by atoms with Gasteiger partial charge in [-0.3, -0.25) is 0 Å². The standard InChI is InChI=1S/C20H25N5/c1-24-14-20(25(2)19-8-4-3-7-18(19)24)16(12-22)13-23-17-10-15(11-17)6-5-9-21/h3-8,12-13,15,17,20,22-23H,10-11,14H2,1-2H3/b6-5+,16-13+,22-12?. The van der Waals surface area contributed by atoms with Crippen LogP contribution in [-0.4, -0.2) is 38.9 Å². The van der Waals surface area contributed by atoms with Gasteiger partial charge < -0.3 is 20.5 Å². The lowest BCUT2D eigenvalue weighted by Gasteiger charge is -2.42. The zero-order valence-electron chi connectivity index (χ0n) is 14.8. The maximum absolute atomic E-state index is 8.57. The van der Waals surface area contributed by atoms with Crippen molar-refractivity contribution < 1.29 is 0 Å². The number of rotatable bonds is 5. The van der Waals surface area contributed by atoms with Gasteiger partial charge in [-0.05, 0) is 30.9 Å². The highest BCUT2D eigenvalue weighted by atomic mass is 15.3. The Labute approximate surface area is 149 Å². The second-order valence-electron chi connectivity index (χ2n) is 6.87. The van der Waals surface area contributed by atoms with Gasteiger partial charge in [0.25, 0.3) is 0 Å². The van der Waals surface area contributed by atoms with Crippen LogP contribution >= 0.6 is 0 Å². The van der Waals surface area contributed by atoms with E-state index in [-0.39, 0.29) is 6.04 Å². The normalized spacial score (nSPS) is 26.0. The van der Waals surface area contributed by atoms with Gasteiger partial charge in [-0.2, -0.15) is 5.26 Å². The lowest BCUT2D eigenvalue weighted by Crippen LogP contribution is -2.48. The highest BCUT2D eigenvalue weighted by Crippen LogP contribution is 2.35. The molecule has 1 aromatic carbocycles. The molecule has 1 atom stereocenters. The van der Waals surface area contributed by atoms with Gasteiger partial charge in [0.2, 0.25) is 0 Å². The Balaban J connectivity index is 1.67. The van der Waals surface area contributed by atoms with Gasteiger partial charge in [0, 0.05) is 50.7 Å². The zero-order valence-corrected chi connectivity index (χ0v) is 14.8. The van der Waals surface area contributed by atoms with Gasteiger partial charge in [0.15, 0.2) is 0 Å². The van der Waals surface area contributed by atoms with Gasteiger partial charge >= 0.3 is 0 Å². The quantitative estimate of drug-likeness (QED) is 0.641. The fourth-order valence-corrected chi connectivity index (χ4v) is 3.64. The van der Waals surface area contributed by atoms with Crippen molar-refractivity contribution in [1.82, 2.24) is 5.32 Å². The molecule has 1 heterocycles. The average molecular weight is 335 g/mol. The van der Waals surface area contributed by atoms with E-state index in [9.17, 15) is 0 Å². The highest BCUT2D eigenvalue weighted by molar-refractivity contribution is 5.82. The number of allylic oxidation sites excluding steroid dienone is 2. The van der Waals surface area contributed by atoms with Crippen LogP contribution in [0.3, 0.4) is 0 Å². The third kappa shape index (κ3) is 3.53. The molecule has 0 radical (unpaired) electrons. The molecule has 1 fully saturated rings. The van der Waals surface area contributed by atoms with Gasteiger partial charge in [-0.15, -0.1) is 0 Å².